The SMILES string of the molecule is Cc1cnc2nc(-c3cc(NC(=O)c4ccc(C(C)(C)C)o4)ccc3Cl)[nH]c2c1. The number of carbonyl (C=O) groups is 1. The van der Waals surface area contributed by atoms with E-state index in [-0.39, 0.29) is 17.1 Å². The van der Waals surface area contributed by atoms with Crippen molar-refractivity contribution < 1.29 is 9.21 Å². The summed E-state index contributed by atoms with van der Waals surface area (Å²) in [5.74, 6) is 1.28. The van der Waals surface area contributed by atoms with Crippen LogP contribution in [-0.2, 0) is 5.41 Å². The molecule has 148 valence electrons. The Morgan fingerprint density at radius 1 is 1.17 bits per heavy atom. The first-order valence-corrected chi connectivity index (χ1v) is 9.62. The number of hydrogen-bond donors (Lipinski definition) is 2. The number of aromatic amines is 1. The molecule has 4 aromatic rings. The van der Waals surface area contributed by atoms with Crippen LogP contribution in [0.5, 0.6) is 0 Å². The number of benzene rings is 1. The zero-order valence-electron chi connectivity index (χ0n) is 16.6. The van der Waals surface area contributed by atoms with Crippen molar-refractivity contribution in [1.82, 2.24) is 15.0 Å². The summed E-state index contributed by atoms with van der Waals surface area (Å²) in [5.41, 5.74) is 3.58. The standard InChI is InChI=1S/C22H21ClN4O2/c1-12-9-16-20(24-11-12)27-19(26-16)14-10-13(5-6-15(14)23)25-21(28)17-7-8-18(29-17)22(2,3)4/h5-11H,1-4H3,(H,25,28)(H,24,26,27). The van der Waals surface area contributed by atoms with Gasteiger partial charge in [-0.15, -0.1) is 0 Å². The van der Waals surface area contributed by atoms with Crippen LogP contribution in [0.25, 0.3) is 22.6 Å². The number of aryl methyl sites for hydroxylation is 1. The first-order valence-electron chi connectivity index (χ1n) is 9.25. The van der Waals surface area contributed by atoms with E-state index in [0.29, 0.717) is 27.7 Å². The molecule has 0 saturated carbocycles. The Kier molecular flexibility index (Phi) is 4.67. The molecule has 6 nitrogen and oxygen atoms in total. The van der Waals surface area contributed by atoms with Crippen LogP contribution in [0.4, 0.5) is 5.69 Å². The number of aromatic nitrogens is 3. The number of carbonyl (C=O) groups excluding carboxylic acids is 1. The molecule has 0 bridgehead atoms. The van der Waals surface area contributed by atoms with Crippen LogP contribution in [-0.4, -0.2) is 20.9 Å². The molecule has 0 unspecified atom stereocenters. The Balaban J connectivity index is 1.62. The molecule has 0 aliphatic rings. The largest absolute Gasteiger partial charge is 0.455 e. The van der Waals surface area contributed by atoms with Gasteiger partial charge in [0.1, 0.15) is 11.6 Å². The summed E-state index contributed by atoms with van der Waals surface area (Å²) in [5, 5.41) is 3.37. The normalized spacial score (nSPS) is 11.8. The molecular formula is C22H21ClN4O2. The van der Waals surface area contributed by atoms with Crippen molar-refractivity contribution in [3.8, 4) is 11.4 Å². The lowest BCUT2D eigenvalue weighted by atomic mass is 9.94. The topological polar surface area (TPSA) is 83.8 Å². The van der Waals surface area contributed by atoms with Gasteiger partial charge in [0, 0.05) is 22.9 Å². The van der Waals surface area contributed by atoms with E-state index in [2.05, 4.69) is 20.3 Å². The second-order valence-corrected chi connectivity index (χ2v) is 8.44. The maximum Gasteiger partial charge on any atom is 0.291 e. The summed E-state index contributed by atoms with van der Waals surface area (Å²) in [6.45, 7) is 8.06. The molecular weight excluding hydrogens is 388 g/mol. The number of H-pyrrole nitrogens is 1. The van der Waals surface area contributed by atoms with Crippen molar-refractivity contribution in [2.45, 2.75) is 33.1 Å². The third kappa shape index (κ3) is 3.89. The Hall–Kier alpha value is -3.12. The number of fused-ring (bicyclic) bond motifs is 1. The smallest absolute Gasteiger partial charge is 0.291 e. The first kappa shape index (κ1) is 19.2. The summed E-state index contributed by atoms with van der Waals surface area (Å²) >= 11 is 6.39. The van der Waals surface area contributed by atoms with Crippen molar-refractivity contribution in [1.29, 1.82) is 0 Å². The molecule has 0 aliphatic heterocycles. The number of pyridine rings is 1. The summed E-state index contributed by atoms with van der Waals surface area (Å²) in [6.07, 6.45) is 1.76. The number of rotatable bonds is 3. The van der Waals surface area contributed by atoms with Crippen molar-refractivity contribution in [2.75, 3.05) is 5.32 Å². The highest BCUT2D eigenvalue weighted by Crippen LogP contribution is 2.30. The molecule has 0 saturated heterocycles. The molecule has 29 heavy (non-hydrogen) atoms. The minimum absolute atomic E-state index is 0.167. The Morgan fingerprint density at radius 2 is 1.97 bits per heavy atom. The highest BCUT2D eigenvalue weighted by molar-refractivity contribution is 6.33. The molecule has 0 aliphatic carbocycles. The fourth-order valence-corrected chi connectivity index (χ4v) is 3.18. The number of nitrogens with one attached hydrogen (secondary N) is 2. The lowest BCUT2D eigenvalue weighted by molar-refractivity contribution is 0.0993. The minimum Gasteiger partial charge on any atom is -0.455 e. The molecule has 7 heteroatoms. The van der Waals surface area contributed by atoms with Gasteiger partial charge in [-0.25, -0.2) is 9.97 Å². The van der Waals surface area contributed by atoms with Gasteiger partial charge in [-0.2, -0.15) is 0 Å². The van der Waals surface area contributed by atoms with E-state index in [1.54, 1.807) is 30.5 Å². The van der Waals surface area contributed by atoms with Crippen molar-refractivity contribution in [3.05, 3.63) is 64.7 Å². The van der Waals surface area contributed by atoms with Gasteiger partial charge in [0.2, 0.25) is 0 Å². The van der Waals surface area contributed by atoms with E-state index in [0.717, 1.165) is 16.8 Å². The second-order valence-electron chi connectivity index (χ2n) is 8.03. The average molecular weight is 409 g/mol. The average Bonchev–Trinajstić information content (AvgIpc) is 3.29. The summed E-state index contributed by atoms with van der Waals surface area (Å²) < 4.78 is 5.71. The van der Waals surface area contributed by atoms with Crippen LogP contribution in [0, 0.1) is 6.92 Å². The van der Waals surface area contributed by atoms with E-state index in [1.807, 2.05) is 39.8 Å². The molecule has 2 N–H and O–H groups in total. The molecule has 1 amide bonds. The molecule has 0 atom stereocenters. The Bertz CT molecular complexity index is 1220. The molecule has 0 fully saturated rings. The van der Waals surface area contributed by atoms with Crippen LogP contribution in [0.3, 0.4) is 0 Å². The van der Waals surface area contributed by atoms with E-state index in [1.165, 1.54) is 0 Å². The number of hydrogen-bond acceptors (Lipinski definition) is 4. The van der Waals surface area contributed by atoms with Gasteiger partial charge in [-0.05, 0) is 48.9 Å². The molecule has 0 spiro atoms. The highest BCUT2D eigenvalue weighted by atomic mass is 35.5. The Morgan fingerprint density at radius 3 is 2.69 bits per heavy atom. The Labute approximate surface area is 173 Å². The van der Waals surface area contributed by atoms with E-state index in [9.17, 15) is 4.79 Å². The van der Waals surface area contributed by atoms with Gasteiger partial charge < -0.3 is 14.7 Å². The van der Waals surface area contributed by atoms with Gasteiger partial charge in [-0.1, -0.05) is 32.4 Å². The number of anilines is 1. The molecule has 3 aromatic heterocycles. The van der Waals surface area contributed by atoms with Crippen LogP contribution < -0.4 is 5.32 Å². The molecule has 4 rings (SSSR count). The van der Waals surface area contributed by atoms with Crippen LogP contribution >= 0.6 is 11.6 Å². The monoisotopic (exact) mass is 408 g/mol. The minimum atomic E-state index is -0.323. The maximum absolute atomic E-state index is 12.6. The van der Waals surface area contributed by atoms with Gasteiger partial charge in [0.25, 0.3) is 5.91 Å². The van der Waals surface area contributed by atoms with Gasteiger partial charge in [0.15, 0.2) is 11.4 Å². The third-order valence-corrected chi connectivity index (χ3v) is 4.85. The number of furan rings is 1. The summed E-state index contributed by atoms with van der Waals surface area (Å²) in [4.78, 5) is 24.7. The van der Waals surface area contributed by atoms with E-state index < -0.39 is 0 Å². The van der Waals surface area contributed by atoms with Gasteiger partial charge in [0.05, 0.1) is 10.5 Å². The van der Waals surface area contributed by atoms with Crippen LogP contribution in [0.15, 0.2) is 47.0 Å². The lowest BCUT2D eigenvalue weighted by Gasteiger charge is -2.14. The third-order valence-electron chi connectivity index (χ3n) is 4.52. The molecule has 1 aromatic carbocycles. The fraction of sp³-hybridized carbons (Fsp3) is 0.227. The highest BCUT2D eigenvalue weighted by Gasteiger charge is 2.21. The number of halogens is 1. The number of imidazole rings is 1. The van der Waals surface area contributed by atoms with Crippen LogP contribution in [0.1, 0.15) is 42.6 Å². The number of amides is 1. The zero-order chi connectivity index (χ0) is 20.8. The van der Waals surface area contributed by atoms with Crippen molar-refractivity contribution >= 4 is 34.4 Å². The van der Waals surface area contributed by atoms with E-state index >= 15 is 0 Å². The predicted molar refractivity (Wildman–Crippen MR) is 114 cm³/mol. The number of nitrogens with zero attached hydrogens (tertiary/aromatic N) is 2. The fourth-order valence-electron chi connectivity index (χ4n) is 2.97. The zero-order valence-corrected chi connectivity index (χ0v) is 17.4. The van der Waals surface area contributed by atoms with Crippen LogP contribution in [0.2, 0.25) is 5.02 Å². The second kappa shape index (κ2) is 7.04. The van der Waals surface area contributed by atoms with Gasteiger partial charge in [-0.3, -0.25) is 4.79 Å². The molecule has 3 heterocycles. The van der Waals surface area contributed by atoms with Gasteiger partial charge >= 0.3 is 0 Å². The van der Waals surface area contributed by atoms with Crippen molar-refractivity contribution in [3.63, 3.8) is 0 Å². The predicted octanol–water partition coefficient (Wildman–Crippen LogP) is 5.73. The summed E-state index contributed by atoms with van der Waals surface area (Å²) in [7, 11) is 0. The van der Waals surface area contributed by atoms with Crippen molar-refractivity contribution in [2.24, 2.45) is 0 Å². The van der Waals surface area contributed by atoms with E-state index in [4.69, 9.17) is 16.0 Å². The first-order chi connectivity index (χ1) is 13.7. The maximum atomic E-state index is 12.6. The lowest BCUT2D eigenvalue weighted by Crippen LogP contribution is -2.12. The quantitative estimate of drug-likeness (QED) is 0.453. The summed E-state index contributed by atoms with van der Waals surface area (Å²) in [6, 6.07) is 10.7. The molecule has 0 radical (unpaired) electrons.